The highest BCUT2D eigenvalue weighted by Crippen LogP contribution is 2.26. The lowest BCUT2D eigenvalue weighted by Crippen LogP contribution is -2.09. The number of esters is 1. The van der Waals surface area contributed by atoms with E-state index in [9.17, 15) is 4.79 Å². The van der Waals surface area contributed by atoms with Crippen LogP contribution in [0.15, 0.2) is 48.5 Å². The molecule has 2 rings (SSSR count). The standard InChI is InChI=1S/C18H20O4/c1-3-21-15-11-8-14(9-12-15)10-13-18(19)22-17-7-5-4-6-16(17)20-2/h4-9,11-12H,3,10,13H2,1-2H3. The van der Waals surface area contributed by atoms with Crippen molar-refractivity contribution in [1.82, 2.24) is 0 Å². The third kappa shape index (κ3) is 4.52. The van der Waals surface area contributed by atoms with Gasteiger partial charge in [-0.1, -0.05) is 24.3 Å². The predicted octanol–water partition coefficient (Wildman–Crippen LogP) is 3.63. The summed E-state index contributed by atoms with van der Waals surface area (Å²) in [6, 6.07) is 14.8. The highest BCUT2D eigenvalue weighted by Gasteiger charge is 2.09. The summed E-state index contributed by atoms with van der Waals surface area (Å²) in [5.41, 5.74) is 1.07. The molecule has 0 heterocycles. The van der Waals surface area contributed by atoms with E-state index in [2.05, 4.69) is 0 Å². The van der Waals surface area contributed by atoms with Crippen LogP contribution in [-0.4, -0.2) is 19.7 Å². The molecule has 0 N–H and O–H groups in total. The van der Waals surface area contributed by atoms with Crippen LogP contribution in [0.2, 0.25) is 0 Å². The Morgan fingerprint density at radius 3 is 2.32 bits per heavy atom. The van der Waals surface area contributed by atoms with Crippen molar-refractivity contribution in [3.8, 4) is 17.2 Å². The molecule has 0 spiro atoms. The third-order valence-corrected chi connectivity index (χ3v) is 3.15. The Balaban J connectivity index is 1.87. The molecule has 0 atom stereocenters. The van der Waals surface area contributed by atoms with E-state index in [0.717, 1.165) is 11.3 Å². The Bertz CT molecular complexity index is 605. The van der Waals surface area contributed by atoms with Gasteiger partial charge in [0, 0.05) is 6.42 Å². The van der Waals surface area contributed by atoms with Crippen LogP contribution in [0.3, 0.4) is 0 Å². The van der Waals surface area contributed by atoms with E-state index in [4.69, 9.17) is 14.2 Å². The van der Waals surface area contributed by atoms with E-state index >= 15 is 0 Å². The van der Waals surface area contributed by atoms with Crippen LogP contribution in [0.5, 0.6) is 17.2 Å². The zero-order valence-corrected chi connectivity index (χ0v) is 12.9. The summed E-state index contributed by atoms with van der Waals surface area (Å²) in [5, 5.41) is 0. The number of carbonyl (C=O) groups is 1. The molecular weight excluding hydrogens is 280 g/mol. The van der Waals surface area contributed by atoms with Crippen LogP contribution in [0, 0.1) is 0 Å². The van der Waals surface area contributed by atoms with Crippen molar-refractivity contribution in [3.63, 3.8) is 0 Å². The van der Waals surface area contributed by atoms with Crippen LogP contribution in [0.25, 0.3) is 0 Å². The van der Waals surface area contributed by atoms with Crippen molar-refractivity contribution in [1.29, 1.82) is 0 Å². The second-order valence-corrected chi connectivity index (χ2v) is 4.70. The zero-order chi connectivity index (χ0) is 15.8. The predicted molar refractivity (Wildman–Crippen MR) is 84.6 cm³/mol. The second kappa shape index (κ2) is 8.08. The summed E-state index contributed by atoms with van der Waals surface area (Å²) in [5.74, 6) is 1.56. The largest absolute Gasteiger partial charge is 0.494 e. The molecule has 0 fully saturated rings. The number of methoxy groups -OCH3 is 1. The summed E-state index contributed by atoms with van der Waals surface area (Å²) in [4.78, 5) is 11.9. The molecule has 2 aromatic carbocycles. The molecule has 4 nitrogen and oxygen atoms in total. The molecule has 2 aromatic rings. The first kappa shape index (κ1) is 15.9. The second-order valence-electron chi connectivity index (χ2n) is 4.70. The fourth-order valence-corrected chi connectivity index (χ4v) is 2.04. The van der Waals surface area contributed by atoms with Crippen molar-refractivity contribution in [2.75, 3.05) is 13.7 Å². The van der Waals surface area contributed by atoms with E-state index < -0.39 is 0 Å². The molecule has 0 aliphatic carbocycles. The van der Waals surface area contributed by atoms with Gasteiger partial charge < -0.3 is 14.2 Å². The van der Waals surface area contributed by atoms with Crippen LogP contribution in [-0.2, 0) is 11.2 Å². The van der Waals surface area contributed by atoms with Gasteiger partial charge in [-0.15, -0.1) is 0 Å². The number of ether oxygens (including phenoxy) is 3. The fraction of sp³-hybridized carbons (Fsp3) is 0.278. The first-order valence-electron chi connectivity index (χ1n) is 7.28. The molecule has 0 radical (unpaired) electrons. The molecule has 0 saturated heterocycles. The number of hydrogen-bond acceptors (Lipinski definition) is 4. The summed E-state index contributed by atoms with van der Waals surface area (Å²) in [6.07, 6.45) is 0.937. The number of para-hydroxylation sites is 2. The van der Waals surface area contributed by atoms with Gasteiger partial charge in [-0.3, -0.25) is 4.79 Å². The zero-order valence-electron chi connectivity index (χ0n) is 12.9. The average molecular weight is 300 g/mol. The lowest BCUT2D eigenvalue weighted by Gasteiger charge is -2.09. The van der Waals surface area contributed by atoms with Gasteiger partial charge in [0.25, 0.3) is 0 Å². The molecule has 0 bridgehead atoms. The van der Waals surface area contributed by atoms with Gasteiger partial charge in [-0.05, 0) is 43.2 Å². The van der Waals surface area contributed by atoms with E-state index in [1.54, 1.807) is 25.3 Å². The van der Waals surface area contributed by atoms with Crippen LogP contribution >= 0.6 is 0 Å². The number of hydrogen-bond donors (Lipinski definition) is 0. The molecule has 116 valence electrons. The number of benzene rings is 2. The minimum atomic E-state index is -0.279. The van der Waals surface area contributed by atoms with Crippen LogP contribution in [0.1, 0.15) is 18.9 Å². The molecule has 0 unspecified atom stereocenters. The summed E-state index contributed by atoms with van der Waals surface area (Å²) in [6.45, 7) is 2.59. The van der Waals surface area contributed by atoms with Gasteiger partial charge in [0.2, 0.25) is 0 Å². The van der Waals surface area contributed by atoms with Gasteiger partial charge in [0.1, 0.15) is 5.75 Å². The van der Waals surface area contributed by atoms with E-state index in [-0.39, 0.29) is 5.97 Å². The quantitative estimate of drug-likeness (QED) is 0.578. The highest BCUT2D eigenvalue weighted by molar-refractivity contribution is 5.73. The normalized spacial score (nSPS) is 10.1. The maximum absolute atomic E-state index is 11.9. The van der Waals surface area contributed by atoms with Crippen LogP contribution in [0.4, 0.5) is 0 Å². The summed E-state index contributed by atoms with van der Waals surface area (Å²) in [7, 11) is 1.55. The molecule has 0 amide bonds. The Morgan fingerprint density at radius 2 is 1.68 bits per heavy atom. The first-order chi connectivity index (χ1) is 10.7. The van der Waals surface area contributed by atoms with Crippen molar-refractivity contribution in [3.05, 3.63) is 54.1 Å². The highest BCUT2D eigenvalue weighted by atomic mass is 16.6. The van der Waals surface area contributed by atoms with Gasteiger partial charge in [0.15, 0.2) is 11.5 Å². The minimum absolute atomic E-state index is 0.279. The van der Waals surface area contributed by atoms with Gasteiger partial charge in [-0.25, -0.2) is 0 Å². The molecule has 0 saturated carbocycles. The van der Waals surface area contributed by atoms with Gasteiger partial charge >= 0.3 is 5.97 Å². The average Bonchev–Trinajstić information content (AvgIpc) is 2.55. The van der Waals surface area contributed by atoms with E-state index in [1.807, 2.05) is 37.3 Å². The molecule has 0 aliphatic heterocycles. The summed E-state index contributed by atoms with van der Waals surface area (Å²) < 4.78 is 15.9. The lowest BCUT2D eigenvalue weighted by molar-refractivity contribution is -0.134. The Kier molecular flexibility index (Phi) is 5.83. The van der Waals surface area contributed by atoms with Crippen LogP contribution < -0.4 is 14.2 Å². The van der Waals surface area contributed by atoms with Gasteiger partial charge in [0.05, 0.1) is 13.7 Å². The number of rotatable bonds is 7. The number of carbonyl (C=O) groups excluding carboxylic acids is 1. The summed E-state index contributed by atoms with van der Waals surface area (Å²) >= 11 is 0. The van der Waals surface area contributed by atoms with Crippen molar-refractivity contribution in [2.45, 2.75) is 19.8 Å². The van der Waals surface area contributed by atoms with Crippen molar-refractivity contribution in [2.24, 2.45) is 0 Å². The third-order valence-electron chi connectivity index (χ3n) is 3.15. The first-order valence-corrected chi connectivity index (χ1v) is 7.28. The maximum atomic E-state index is 11.9. The lowest BCUT2D eigenvalue weighted by atomic mass is 10.1. The monoisotopic (exact) mass is 300 g/mol. The minimum Gasteiger partial charge on any atom is -0.494 e. The molecule has 22 heavy (non-hydrogen) atoms. The maximum Gasteiger partial charge on any atom is 0.311 e. The van der Waals surface area contributed by atoms with E-state index in [1.165, 1.54) is 0 Å². The smallest absolute Gasteiger partial charge is 0.311 e. The Hall–Kier alpha value is -2.49. The molecule has 0 aromatic heterocycles. The van der Waals surface area contributed by atoms with Gasteiger partial charge in [-0.2, -0.15) is 0 Å². The fourth-order valence-electron chi connectivity index (χ4n) is 2.04. The van der Waals surface area contributed by atoms with E-state index in [0.29, 0.717) is 30.9 Å². The topological polar surface area (TPSA) is 44.8 Å². The van der Waals surface area contributed by atoms with Crippen molar-refractivity contribution >= 4 is 5.97 Å². The molecule has 0 aliphatic rings. The Morgan fingerprint density at radius 1 is 1.00 bits per heavy atom. The Labute approximate surface area is 130 Å². The molecule has 4 heteroatoms. The van der Waals surface area contributed by atoms with Crippen molar-refractivity contribution < 1.29 is 19.0 Å². The molecular formula is C18H20O4. The SMILES string of the molecule is CCOc1ccc(CCC(=O)Oc2ccccc2OC)cc1. The number of aryl methyl sites for hydroxylation is 1.